The van der Waals surface area contributed by atoms with E-state index in [1.54, 1.807) is 0 Å². The third-order valence-corrected chi connectivity index (χ3v) is 2.17. The molecule has 82 valence electrons. The Bertz CT molecular complexity index is 300. The summed E-state index contributed by atoms with van der Waals surface area (Å²) in [5.41, 5.74) is 2.04. The Morgan fingerprint density at radius 2 is 2.27 bits per heavy atom. The lowest BCUT2D eigenvalue weighted by atomic mass is 10.2. The highest BCUT2D eigenvalue weighted by molar-refractivity contribution is 5.60. The predicted octanol–water partition coefficient (Wildman–Crippen LogP) is 2.31. The minimum Gasteiger partial charge on any atom is -0.366 e. The van der Waals surface area contributed by atoms with Crippen LogP contribution in [0.15, 0.2) is 41.4 Å². The smallest absolute Gasteiger partial charge is 0.0957 e. The van der Waals surface area contributed by atoms with E-state index in [1.807, 2.05) is 6.21 Å². The van der Waals surface area contributed by atoms with Crippen LogP contribution in [0.1, 0.15) is 26.2 Å². The topological polar surface area (TPSA) is 36.4 Å². The first-order chi connectivity index (χ1) is 7.22. The standard InChI is InChI=1S/C12H19N3/c1-4-10(2)15-11(3)14-9-12-7-5-6-8-13-12/h7-8,14-15H,2-6,9H2,1H3. The Labute approximate surface area is 91.7 Å². The third kappa shape index (κ3) is 4.49. The molecule has 0 bridgehead atoms. The zero-order valence-electron chi connectivity index (χ0n) is 9.34. The van der Waals surface area contributed by atoms with E-state index in [2.05, 4.69) is 41.8 Å². The Hall–Kier alpha value is -1.51. The van der Waals surface area contributed by atoms with Crippen LogP contribution in [-0.2, 0) is 0 Å². The maximum Gasteiger partial charge on any atom is 0.0957 e. The van der Waals surface area contributed by atoms with Crippen molar-refractivity contribution < 1.29 is 0 Å². The van der Waals surface area contributed by atoms with Crippen molar-refractivity contribution in [3.63, 3.8) is 0 Å². The van der Waals surface area contributed by atoms with Gasteiger partial charge in [0.25, 0.3) is 0 Å². The van der Waals surface area contributed by atoms with Gasteiger partial charge in [-0.2, -0.15) is 0 Å². The molecule has 3 heteroatoms. The maximum atomic E-state index is 4.28. The highest BCUT2D eigenvalue weighted by Crippen LogP contribution is 2.05. The molecule has 1 aliphatic heterocycles. The second-order valence-electron chi connectivity index (χ2n) is 3.50. The fraction of sp³-hybridized carbons (Fsp3) is 0.417. The zero-order valence-corrected chi connectivity index (χ0v) is 9.34. The summed E-state index contributed by atoms with van der Waals surface area (Å²) >= 11 is 0. The third-order valence-electron chi connectivity index (χ3n) is 2.17. The van der Waals surface area contributed by atoms with Crippen LogP contribution in [-0.4, -0.2) is 12.8 Å². The van der Waals surface area contributed by atoms with Gasteiger partial charge in [0.05, 0.1) is 18.1 Å². The lowest BCUT2D eigenvalue weighted by Crippen LogP contribution is -2.26. The van der Waals surface area contributed by atoms with Crippen molar-refractivity contribution >= 4 is 6.21 Å². The van der Waals surface area contributed by atoms with E-state index >= 15 is 0 Å². The molecule has 0 saturated heterocycles. The molecule has 1 rings (SSSR count). The summed E-state index contributed by atoms with van der Waals surface area (Å²) in [5.74, 6) is 0.781. The van der Waals surface area contributed by atoms with Gasteiger partial charge < -0.3 is 10.6 Å². The second kappa shape index (κ2) is 6.06. The van der Waals surface area contributed by atoms with Crippen molar-refractivity contribution in [3.05, 3.63) is 36.4 Å². The van der Waals surface area contributed by atoms with E-state index in [4.69, 9.17) is 0 Å². The van der Waals surface area contributed by atoms with Gasteiger partial charge in [-0.25, -0.2) is 0 Å². The molecule has 0 spiro atoms. The molecule has 0 fully saturated rings. The first kappa shape index (κ1) is 11.6. The van der Waals surface area contributed by atoms with Gasteiger partial charge in [0.15, 0.2) is 0 Å². The molecular formula is C12H19N3. The fourth-order valence-corrected chi connectivity index (χ4v) is 1.22. The number of aliphatic imine (C=N–C) groups is 1. The highest BCUT2D eigenvalue weighted by Gasteiger charge is 1.99. The molecule has 0 aliphatic carbocycles. The first-order valence-electron chi connectivity index (χ1n) is 5.31. The molecule has 1 heterocycles. The average Bonchev–Trinajstić information content (AvgIpc) is 2.27. The Morgan fingerprint density at radius 3 is 2.87 bits per heavy atom. The van der Waals surface area contributed by atoms with Crippen molar-refractivity contribution in [2.45, 2.75) is 26.2 Å². The molecule has 0 aromatic heterocycles. The van der Waals surface area contributed by atoms with Gasteiger partial charge in [-0.3, -0.25) is 4.99 Å². The lowest BCUT2D eigenvalue weighted by Gasteiger charge is -2.14. The van der Waals surface area contributed by atoms with Crippen LogP contribution in [0.25, 0.3) is 0 Å². The van der Waals surface area contributed by atoms with Gasteiger partial charge in [-0.15, -0.1) is 0 Å². The minimum absolute atomic E-state index is 0.722. The van der Waals surface area contributed by atoms with Crippen molar-refractivity contribution in [2.75, 3.05) is 6.54 Å². The summed E-state index contributed by atoms with van der Waals surface area (Å²) in [5, 5.41) is 6.26. The van der Waals surface area contributed by atoms with Crippen molar-refractivity contribution in [2.24, 2.45) is 4.99 Å². The lowest BCUT2D eigenvalue weighted by molar-refractivity contribution is 0.756. The number of nitrogens with zero attached hydrogens (tertiary/aromatic N) is 1. The van der Waals surface area contributed by atoms with Crippen LogP contribution in [0.3, 0.4) is 0 Å². The van der Waals surface area contributed by atoms with E-state index in [0.717, 1.165) is 43.0 Å². The van der Waals surface area contributed by atoms with E-state index in [1.165, 1.54) is 0 Å². The minimum atomic E-state index is 0.722. The van der Waals surface area contributed by atoms with Gasteiger partial charge in [0.1, 0.15) is 0 Å². The zero-order chi connectivity index (χ0) is 11.1. The summed E-state index contributed by atoms with van der Waals surface area (Å²) in [7, 11) is 0. The number of rotatable bonds is 6. The second-order valence-corrected chi connectivity index (χ2v) is 3.50. The highest BCUT2D eigenvalue weighted by atomic mass is 15.1. The molecule has 0 aromatic rings. The van der Waals surface area contributed by atoms with E-state index in [-0.39, 0.29) is 0 Å². The van der Waals surface area contributed by atoms with Crippen molar-refractivity contribution in [1.82, 2.24) is 10.6 Å². The van der Waals surface area contributed by atoms with Crippen LogP contribution in [0.4, 0.5) is 0 Å². The number of allylic oxidation sites excluding steroid dienone is 2. The van der Waals surface area contributed by atoms with Gasteiger partial charge in [-0.05, 0) is 19.3 Å². The summed E-state index contributed by atoms with van der Waals surface area (Å²) in [6.45, 7) is 10.5. The van der Waals surface area contributed by atoms with Crippen molar-refractivity contribution in [1.29, 1.82) is 0 Å². The van der Waals surface area contributed by atoms with Crippen LogP contribution >= 0.6 is 0 Å². The fourth-order valence-electron chi connectivity index (χ4n) is 1.22. The van der Waals surface area contributed by atoms with Gasteiger partial charge in [-0.1, -0.05) is 26.2 Å². The monoisotopic (exact) mass is 205 g/mol. The van der Waals surface area contributed by atoms with E-state index < -0.39 is 0 Å². The van der Waals surface area contributed by atoms with Gasteiger partial charge in [0, 0.05) is 11.9 Å². The molecule has 3 nitrogen and oxygen atoms in total. The molecule has 0 atom stereocenters. The number of nitrogens with one attached hydrogen (secondary N) is 2. The van der Waals surface area contributed by atoms with E-state index in [9.17, 15) is 0 Å². The SMILES string of the molecule is C=C(CC)NC(=C)NCC1=CCCC=N1. The molecule has 0 radical (unpaired) electrons. The summed E-state index contributed by atoms with van der Waals surface area (Å²) in [6.07, 6.45) is 7.14. The van der Waals surface area contributed by atoms with Crippen molar-refractivity contribution in [3.8, 4) is 0 Å². The molecule has 0 saturated carbocycles. The molecule has 2 N–H and O–H groups in total. The molecule has 15 heavy (non-hydrogen) atoms. The van der Waals surface area contributed by atoms with Crippen LogP contribution in [0, 0.1) is 0 Å². The quantitative estimate of drug-likeness (QED) is 0.698. The average molecular weight is 205 g/mol. The summed E-state index contributed by atoms with van der Waals surface area (Å²) < 4.78 is 0. The number of hydrogen-bond donors (Lipinski definition) is 2. The molecular weight excluding hydrogens is 186 g/mol. The van der Waals surface area contributed by atoms with Crippen LogP contribution < -0.4 is 10.6 Å². The molecule has 1 aliphatic rings. The molecule has 0 unspecified atom stereocenters. The summed E-state index contributed by atoms with van der Waals surface area (Å²) in [6, 6.07) is 0. The normalized spacial score (nSPS) is 14.3. The largest absolute Gasteiger partial charge is 0.366 e. The Balaban J connectivity index is 2.24. The summed E-state index contributed by atoms with van der Waals surface area (Å²) in [4.78, 5) is 4.28. The molecule has 0 aromatic carbocycles. The Kier molecular flexibility index (Phi) is 4.68. The number of hydrogen-bond acceptors (Lipinski definition) is 3. The van der Waals surface area contributed by atoms with Crippen LogP contribution in [0.2, 0.25) is 0 Å². The van der Waals surface area contributed by atoms with Crippen LogP contribution in [0.5, 0.6) is 0 Å². The molecule has 0 amide bonds. The Morgan fingerprint density at radius 1 is 1.47 bits per heavy atom. The van der Waals surface area contributed by atoms with E-state index in [0.29, 0.717) is 0 Å². The van der Waals surface area contributed by atoms with Gasteiger partial charge >= 0.3 is 0 Å². The van der Waals surface area contributed by atoms with Gasteiger partial charge in [0.2, 0.25) is 0 Å². The maximum absolute atomic E-state index is 4.28. The first-order valence-corrected chi connectivity index (χ1v) is 5.31. The predicted molar refractivity (Wildman–Crippen MR) is 65.5 cm³/mol.